The lowest BCUT2D eigenvalue weighted by molar-refractivity contribution is 0.0632. The highest BCUT2D eigenvalue weighted by Gasteiger charge is 2.28. The van der Waals surface area contributed by atoms with Crippen molar-refractivity contribution in [3.63, 3.8) is 0 Å². The molecular formula is C26H38Cl2N2O. The van der Waals surface area contributed by atoms with Crippen LogP contribution in [0.3, 0.4) is 0 Å². The highest BCUT2D eigenvalue weighted by molar-refractivity contribution is 5.85. The fourth-order valence-corrected chi connectivity index (χ4v) is 5.19. The molecule has 0 amide bonds. The van der Waals surface area contributed by atoms with E-state index in [0.29, 0.717) is 6.04 Å². The van der Waals surface area contributed by atoms with Gasteiger partial charge >= 0.3 is 0 Å². The molecule has 1 aliphatic carbocycles. The molecule has 2 aromatic carbocycles. The van der Waals surface area contributed by atoms with Crippen molar-refractivity contribution in [3.05, 3.63) is 65.7 Å². The van der Waals surface area contributed by atoms with Crippen LogP contribution in [0.15, 0.2) is 54.6 Å². The van der Waals surface area contributed by atoms with Crippen molar-refractivity contribution >= 4 is 24.8 Å². The van der Waals surface area contributed by atoms with Crippen LogP contribution in [0.5, 0.6) is 5.75 Å². The van der Waals surface area contributed by atoms with Crippen molar-refractivity contribution in [2.24, 2.45) is 0 Å². The topological polar surface area (TPSA) is 15.7 Å². The molecule has 1 saturated heterocycles. The number of piperazine rings is 1. The fraction of sp³-hybridized carbons (Fsp3) is 0.538. The van der Waals surface area contributed by atoms with E-state index in [2.05, 4.69) is 58.3 Å². The summed E-state index contributed by atoms with van der Waals surface area (Å²) in [7, 11) is 1.75. The molecule has 4 rings (SSSR count). The van der Waals surface area contributed by atoms with Crippen LogP contribution in [0.25, 0.3) is 0 Å². The van der Waals surface area contributed by atoms with Gasteiger partial charge in [-0.25, -0.2) is 0 Å². The number of methoxy groups -OCH3 is 1. The van der Waals surface area contributed by atoms with Crippen LogP contribution in [0.2, 0.25) is 0 Å². The van der Waals surface area contributed by atoms with Gasteiger partial charge in [-0.1, -0.05) is 68.1 Å². The van der Waals surface area contributed by atoms with E-state index in [1.807, 2.05) is 6.07 Å². The SMILES string of the molecule is COc1cccc(CC(c2ccccc2)N2CCN(C3CCCCCC3)CC2)c1.Cl.Cl. The smallest absolute Gasteiger partial charge is 0.119 e. The Morgan fingerprint density at radius 2 is 1.52 bits per heavy atom. The zero-order valence-electron chi connectivity index (χ0n) is 18.7. The summed E-state index contributed by atoms with van der Waals surface area (Å²) in [5.74, 6) is 0.951. The van der Waals surface area contributed by atoms with Crippen LogP contribution in [0.4, 0.5) is 0 Å². The van der Waals surface area contributed by atoms with Gasteiger partial charge in [-0.2, -0.15) is 0 Å². The number of rotatable bonds is 6. The minimum absolute atomic E-state index is 0. The van der Waals surface area contributed by atoms with E-state index in [9.17, 15) is 0 Å². The van der Waals surface area contributed by atoms with Crippen LogP contribution in [-0.2, 0) is 6.42 Å². The van der Waals surface area contributed by atoms with Crippen molar-refractivity contribution < 1.29 is 4.74 Å². The monoisotopic (exact) mass is 464 g/mol. The van der Waals surface area contributed by atoms with Gasteiger partial charge in [-0.05, 0) is 42.5 Å². The molecule has 3 nitrogen and oxygen atoms in total. The fourth-order valence-electron chi connectivity index (χ4n) is 5.19. The third-order valence-corrected chi connectivity index (χ3v) is 6.88. The van der Waals surface area contributed by atoms with Gasteiger partial charge in [-0.15, -0.1) is 24.8 Å². The normalized spacial score (nSPS) is 19.5. The molecule has 0 radical (unpaired) electrons. The molecule has 2 aromatic rings. The Bertz CT molecular complexity index is 742. The maximum atomic E-state index is 5.46. The second kappa shape index (κ2) is 13.3. The molecule has 31 heavy (non-hydrogen) atoms. The van der Waals surface area contributed by atoms with Crippen molar-refractivity contribution in [1.29, 1.82) is 0 Å². The predicted molar refractivity (Wildman–Crippen MR) is 135 cm³/mol. The number of ether oxygens (including phenoxy) is 1. The lowest BCUT2D eigenvalue weighted by atomic mass is 9.96. The van der Waals surface area contributed by atoms with Gasteiger partial charge in [0.2, 0.25) is 0 Å². The van der Waals surface area contributed by atoms with E-state index in [1.165, 1.54) is 75.8 Å². The van der Waals surface area contributed by atoms with Gasteiger partial charge in [0.25, 0.3) is 0 Å². The van der Waals surface area contributed by atoms with Crippen LogP contribution in [0.1, 0.15) is 55.7 Å². The van der Waals surface area contributed by atoms with Crippen LogP contribution >= 0.6 is 24.8 Å². The number of benzene rings is 2. The summed E-state index contributed by atoms with van der Waals surface area (Å²) in [6.45, 7) is 4.76. The Hall–Kier alpha value is -1.26. The lowest BCUT2D eigenvalue weighted by Gasteiger charge is -2.42. The number of halogens is 2. The highest BCUT2D eigenvalue weighted by atomic mass is 35.5. The van der Waals surface area contributed by atoms with E-state index in [-0.39, 0.29) is 24.8 Å². The first-order chi connectivity index (χ1) is 14.3. The Kier molecular flexibility index (Phi) is 11.2. The van der Waals surface area contributed by atoms with Crippen LogP contribution < -0.4 is 4.74 Å². The molecule has 1 saturated carbocycles. The minimum atomic E-state index is 0. The first-order valence-electron chi connectivity index (χ1n) is 11.5. The zero-order chi connectivity index (χ0) is 19.9. The summed E-state index contributed by atoms with van der Waals surface area (Å²) in [5, 5.41) is 0. The number of hydrogen-bond acceptors (Lipinski definition) is 3. The van der Waals surface area contributed by atoms with Gasteiger partial charge in [-0.3, -0.25) is 9.80 Å². The van der Waals surface area contributed by atoms with Crippen molar-refractivity contribution in [1.82, 2.24) is 9.80 Å². The molecule has 1 aliphatic heterocycles. The summed E-state index contributed by atoms with van der Waals surface area (Å²) in [6, 6.07) is 20.9. The van der Waals surface area contributed by atoms with E-state index >= 15 is 0 Å². The molecule has 2 aliphatic rings. The molecule has 0 spiro atoms. The molecule has 2 fully saturated rings. The first-order valence-corrected chi connectivity index (χ1v) is 11.5. The highest BCUT2D eigenvalue weighted by Crippen LogP contribution is 2.29. The van der Waals surface area contributed by atoms with E-state index < -0.39 is 0 Å². The average Bonchev–Trinajstić information content (AvgIpc) is 3.08. The van der Waals surface area contributed by atoms with Gasteiger partial charge in [0.1, 0.15) is 5.75 Å². The Morgan fingerprint density at radius 1 is 0.839 bits per heavy atom. The average molecular weight is 466 g/mol. The molecule has 172 valence electrons. The van der Waals surface area contributed by atoms with E-state index in [1.54, 1.807) is 7.11 Å². The number of nitrogens with zero attached hydrogens (tertiary/aromatic N) is 2. The van der Waals surface area contributed by atoms with Crippen molar-refractivity contribution in [3.8, 4) is 5.75 Å². The van der Waals surface area contributed by atoms with Crippen LogP contribution in [-0.4, -0.2) is 49.1 Å². The van der Waals surface area contributed by atoms with Crippen molar-refractivity contribution in [2.75, 3.05) is 33.3 Å². The third-order valence-electron chi connectivity index (χ3n) is 6.88. The molecule has 1 atom stereocenters. The number of hydrogen-bond donors (Lipinski definition) is 0. The predicted octanol–water partition coefficient (Wildman–Crippen LogP) is 6.16. The van der Waals surface area contributed by atoms with Crippen LogP contribution in [0, 0.1) is 0 Å². The zero-order valence-corrected chi connectivity index (χ0v) is 20.4. The summed E-state index contributed by atoms with van der Waals surface area (Å²) in [5.41, 5.74) is 2.78. The summed E-state index contributed by atoms with van der Waals surface area (Å²) < 4.78 is 5.46. The van der Waals surface area contributed by atoms with E-state index in [0.717, 1.165) is 18.2 Å². The maximum absolute atomic E-state index is 5.46. The quantitative estimate of drug-likeness (QED) is 0.475. The summed E-state index contributed by atoms with van der Waals surface area (Å²) in [6.07, 6.45) is 9.57. The molecule has 1 unspecified atom stereocenters. The molecule has 1 heterocycles. The van der Waals surface area contributed by atoms with Gasteiger partial charge in [0.15, 0.2) is 0 Å². The second-order valence-electron chi connectivity index (χ2n) is 8.70. The summed E-state index contributed by atoms with van der Waals surface area (Å²) in [4.78, 5) is 5.50. The van der Waals surface area contributed by atoms with Crippen molar-refractivity contribution in [2.45, 2.75) is 57.0 Å². The van der Waals surface area contributed by atoms with E-state index in [4.69, 9.17) is 4.74 Å². The Morgan fingerprint density at radius 3 is 2.16 bits per heavy atom. The second-order valence-corrected chi connectivity index (χ2v) is 8.70. The molecule has 0 aromatic heterocycles. The third kappa shape index (κ3) is 7.12. The summed E-state index contributed by atoms with van der Waals surface area (Å²) >= 11 is 0. The largest absolute Gasteiger partial charge is 0.497 e. The first kappa shape index (κ1) is 26.0. The Labute approximate surface area is 201 Å². The van der Waals surface area contributed by atoms with Gasteiger partial charge < -0.3 is 4.74 Å². The molecule has 0 N–H and O–H groups in total. The van der Waals surface area contributed by atoms with Gasteiger partial charge in [0.05, 0.1) is 7.11 Å². The minimum Gasteiger partial charge on any atom is -0.497 e. The Balaban J connectivity index is 0.00000171. The molecular weight excluding hydrogens is 427 g/mol. The van der Waals surface area contributed by atoms with Gasteiger partial charge in [0, 0.05) is 38.3 Å². The maximum Gasteiger partial charge on any atom is 0.119 e. The molecule has 5 heteroatoms. The lowest BCUT2D eigenvalue weighted by Crippen LogP contribution is -2.51. The molecule has 0 bridgehead atoms. The standard InChI is InChI=1S/C26H36N2O.2ClH/c1-29-25-15-9-10-22(20-25)21-26(23-11-5-4-6-12-23)28-18-16-27(17-19-28)24-13-7-2-3-8-14-24;;/h4-6,9-12,15,20,24,26H,2-3,7-8,13-14,16-19,21H2,1H3;2*1H.